The first kappa shape index (κ1) is 13.1. The molecule has 0 spiro atoms. The number of ether oxygens (including phenoxy) is 2. The highest BCUT2D eigenvalue weighted by molar-refractivity contribution is 7.10. The average molecular weight is 317 g/mol. The number of rotatable bonds is 2. The number of hydrogen-bond donors (Lipinski definition) is 1. The highest BCUT2D eigenvalue weighted by Crippen LogP contribution is 2.41. The molecule has 1 aliphatic rings. The van der Waals surface area contributed by atoms with Crippen LogP contribution in [-0.2, 0) is 0 Å². The molecule has 1 aromatic carbocycles. The van der Waals surface area contributed by atoms with Gasteiger partial charge in [0.1, 0.15) is 19.3 Å². The lowest BCUT2D eigenvalue weighted by Crippen LogP contribution is -2.16. The van der Waals surface area contributed by atoms with Crippen molar-refractivity contribution in [1.82, 2.24) is 0 Å². The van der Waals surface area contributed by atoms with Crippen molar-refractivity contribution in [2.45, 2.75) is 6.10 Å². The van der Waals surface area contributed by atoms with Crippen LogP contribution in [0.25, 0.3) is 0 Å². The number of benzene rings is 1. The van der Waals surface area contributed by atoms with Crippen LogP contribution in [0, 0.1) is 0 Å². The van der Waals surface area contributed by atoms with Gasteiger partial charge in [0, 0.05) is 11.6 Å². The van der Waals surface area contributed by atoms with Crippen molar-refractivity contribution in [3.63, 3.8) is 0 Å². The van der Waals surface area contributed by atoms with Gasteiger partial charge >= 0.3 is 0 Å². The molecule has 1 aliphatic heterocycles. The molecule has 0 saturated carbocycles. The zero-order chi connectivity index (χ0) is 13.4. The van der Waals surface area contributed by atoms with E-state index >= 15 is 0 Å². The Labute approximate surface area is 124 Å². The number of thiophene rings is 1. The van der Waals surface area contributed by atoms with E-state index in [-0.39, 0.29) is 0 Å². The molecule has 1 aromatic heterocycles. The summed E-state index contributed by atoms with van der Waals surface area (Å²) in [5, 5.41) is 13.2. The molecule has 3 nitrogen and oxygen atoms in total. The zero-order valence-electron chi connectivity index (χ0n) is 9.73. The number of aliphatic hydroxyl groups is 1. The topological polar surface area (TPSA) is 38.7 Å². The lowest BCUT2D eigenvalue weighted by molar-refractivity contribution is 0.170. The van der Waals surface area contributed by atoms with Gasteiger partial charge in [-0.1, -0.05) is 23.2 Å². The summed E-state index contributed by atoms with van der Waals surface area (Å²) >= 11 is 13.6. The van der Waals surface area contributed by atoms with Gasteiger partial charge in [0.05, 0.1) is 14.9 Å². The Morgan fingerprint density at radius 1 is 1.11 bits per heavy atom. The van der Waals surface area contributed by atoms with Crippen molar-refractivity contribution in [3.8, 4) is 11.5 Å². The molecule has 1 atom stereocenters. The first-order valence-electron chi connectivity index (χ1n) is 5.67. The van der Waals surface area contributed by atoms with Crippen LogP contribution in [0.1, 0.15) is 16.5 Å². The summed E-state index contributed by atoms with van der Waals surface area (Å²) < 4.78 is 10.9. The van der Waals surface area contributed by atoms with Gasteiger partial charge in [0.2, 0.25) is 0 Å². The third-order valence-electron chi connectivity index (χ3n) is 2.85. The Morgan fingerprint density at radius 2 is 1.79 bits per heavy atom. The molecule has 0 aliphatic carbocycles. The summed E-state index contributed by atoms with van der Waals surface area (Å²) in [5.74, 6) is 1.20. The second-order valence-electron chi connectivity index (χ2n) is 4.05. The number of halogens is 2. The molecule has 0 amide bonds. The molecule has 0 bridgehead atoms. The largest absolute Gasteiger partial charge is 0.486 e. The van der Waals surface area contributed by atoms with Gasteiger partial charge in [-0.15, -0.1) is 11.3 Å². The van der Waals surface area contributed by atoms with Crippen LogP contribution in [0.15, 0.2) is 23.6 Å². The summed E-state index contributed by atoms with van der Waals surface area (Å²) in [5.41, 5.74) is 0.565. The summed E-state index contributed by atoms with van der Waals surface area (Å²) in [6, 6.07) is 5.12. The second kappa shape index (κ2) is 5.21. The van der Waals surface area contributed by atoms with Crippen molar-refractivity contribution in [2.24, 2.45) is 0 Å². The normalized spacial score (nSPS) is 15.3. The van der Waals surface area contributed by atoms with Crippen molar-refractivity contribution in [2.75, 3.05) is 13.2 Å². The number of hydrogen-bond acceptors (Lipinski definition) is 4. The molecular formula is C13H10Cl2O3S. The summed E-state index contributed by atoms with van der Waals surface area (Å²) in [7, 11) is 0. The Bertz CT molecular complexity index is 612. The average Bonchev–Trinajstić information content (AvgIpc) is 2.83. The molecule has 3 rings (SSSR count). The number of aliphatic hydroxyl groups excluding tert-OH is 1. The van der Waals surface area contributed by atoms with Crippen LogP contribution >= 0.6 is 34.5 Å². The Kier molecular flexibility index (Phi) is 3.58. The van der Waals surface area contributed by atoms with Gasteiger partial charge in [-0.3, -0.25) is 0 Å². The fraction of sp³-hybridized carbons (Fsp3) is 0.231. The highest BCUT2D eigenvalue weighted by atomic mass is 35.5. The van der Waals surface area contributed by atoms with E-state index in [4.69, 9.17) is 32.7 Å². The van der Waals surface area contributed by atoms with Crippen LogP contribution < -0.4 is 9.47 Å². The summed E-state index contributed by atoms with van der Waals surface area (Å²) in [6.45, 7) is 0.992. The van der Waals surface area contributed by atoms with E-state index in [0.29, 0.717) is 45.2 Å². The van der Waals surface area contributed by atoms with Crippen LogP contribution in [0.3, 0.4) is 0 Å². The van der Waals surface area contributed by atoms with Gasteiger partial charge in [-0.05, 0) is 17.5 Å². The minimum atomic E-state index is -0.865. The van der Waals surface area contributed by atoms with Crippen LogP contribution in [0.5, 0.6) is 11.5 Å². The molecule has 1 unspecified atom stereocenters. The fourth-order valence-corrected chi connectivity index (χ4v) is 3.35. The van der Waals surface area contributed by atoms with Crippen LogP contribution in [0.4, 0.5) is 0 Å². The second-order valence-corrected chi connectivity index (χ2v) is 5.81. The summed E-state index contributed by atoms with van der Waals surface area (Å²) in [6.07, 6.45) is -0.865. The molecule has 0 fully saturated rings. The SMILES string of the molecule is OC(c1cc2c(cc1Cl)OCCO2)c1sccc1Cl. The zero-order valence-corrected chi connectivity index (χ0v) is 12.1. The first-order valence-corrected chi connectivity index (χ1v) is 7.30. The van der Waals surface area contributed by atoms with Crippen molar-refractivity contribution in [3.05, 3.63) is 44.1 Å². The molecular weight excluding hydrogens is 307 g/mol. The predicted molar refractivity (Wildman–Crippen MR) is 75.8 cm³/mol. The standard InChI is InChI=1S/C13H10Cl2O3S/c14-8-1-4-19-13(8)12(16)7-5-10-11(6-9(7)15)18-3-2-17-10/h1,4-6,12,16H,2-3H2. The van der Waals surface area contributed by atoms with E-state index in [0.717, 1.165) is 0 Å². The Balaban J connectivity index is 2.03. The third kappa shape index (κ3) is 2.41. The minimum absolute atomic E-state index is 0.432. The maximum atomic E-state index is 10.4. The lowest BCUT2D eigenvalue weighted by Gasteiger charge is -2.21. The Hall–Kier alpha value is -0.940. The van der Waals surface area contributed by atoms with Crippen molar-refractivity contribution in [1.29, 1.82) is 0 Å². The maximum absolute atomic E-state index is 10.4. The third-order valence-corrected chi connectivity index (χ3v) is 4.59. The summed E-state index contributed by atoms with van der Waals surface area (Å²) in [4.78, 5) is 0.667. The highest BCUT2D eigenvalue weighted by Gasteiger charge is 2.22. The quantitative estimate of drug-likeness (QED) is 0.913. The predicted octanol–water partition coefficient (Wildman–Crippen LogP) is 3.91. The van der Waals surface area contributed by atoms with Gasteiger partial charge in [0.25, 0.3) is 0 Å². The number of fused-ring (bicyclic) bond motifs is 1. The van der Waals surface area contributed by atoms with Crippen LogP contribution in [0.2, 0.25) is 10.0 Å². The molecule has 0 radical (unpaired) electrons. The fourth-order valence-electron chi connectivity index (χ4n) is 1.93. The molecule has 1 N–H and O–H groups in total. The van der Waals surface area contributed by atoms with E-state index in [1.807, 2.05) is 5.38 Å². The van der Waals surface area contributed by atoms with Crippen molar-refractivity contribution >= 4 is 34.5 Å². The molecule has 19 heavy (non-hydrogen) atoms. The van der Waals surface area contributed by atoms with Gasteiger partial charge in [-0.2, -0.15) is 0 Å². The molecule has 6 heteroatoms. The first-order chi connectivity index (χ1) is 9.16. The van der Waals surface area contributed by atoms with Crippen LogP contribution in [-0.4, -0.2) is 18.3 Å². The van der Waals surface area contributed by atoms with E-state index < -0.39 is 6.10 Å². The van der Waals surface area contributed by atoms with E-state index in [1.54, 1.807) is 18.2 Å². The molecule has 0 saturated heterocycles. The Morgan fingerprint density at radius 3 is 2.42 bits per heavy atom. The van der Waals surface area contributed by atoms with E-state index in [2.05, 4.69) is 0 Å². The molecule has 2 heterocycles. The molecule has 2 aromatic rings. The minimum Gasteiger partial charge on any atom is -0.486 e. The smallest absolute Gasteiger partial charge is 0.162 e. The van der Waals surface area contributed by atoms with Gasteiger partial charge in [0.15, 0.2) is 11.5 Å². The van der Waals surface area contributed by atoms with Gasteiger partial charge < -0.3 is 14.6 Å². The van der Waals surface area contributed by atoms with Crippen molar-refractivity contribution < 1.29 is 14.6 Å². The van der Waals surface area contributed by atoms with Gasteiger partial charge in [-0.25, -0.2) is 0 Å². The monoisotopic (exact) mass is 316 g/mol. The van der Waals surface area contributed by atoms with E-state index in [9.17, 15) is 5.11 Å². The van der Waals surface area contributed by atoms with E-state index in [1.165, 1.54) is 11.3 Å². The molecule has 100 valence electrons. The maximum Gasteiger partial charge on any atom is 0.162 e. The lowest BCUT2D eigenvalue weighted by atomic mass is 10.1.